The molecule has 96 valence electrons. The SMILES string of the molecule is FC(F)(F)CNCCOc1ccc(Br)cc1Cl. The van der Waals surface area contributed by atoms with Crippen LogP contribution in [0.25, 0.3) is 0 Å². The van der Waals surface area contributed by atoms with Crippen LogP contribution >= 0.6 is 27.5 Å². The molecule has 2 nitrogen and oxygen atoms in total. The summed E-state index contributed by atoms with van der Waals surface area (Å²) in [6, 6.07) is 5.04. The minimum atomic E-state index is -4.20. The van der Waals surface area contributed by atoms with E-state index in [0.717, 1.165) is 4.47 Å². The Hall–Kier alpha value is -0.460. The number of halogens is 5. The quantitative estimate of drug-likeness (QED) is 0.831. The number of rotatable bonds is 5. The summed E-state index contributed by atoms with van der Waals surface area (Å²) in [5, 5.41) is 2.64. The molecule has 7 heteroatoms. The molecule has 0 bridgehead atoms. The van der Waals surface area contributed by atoms with E-state index in [1.165, 1.54) is 0 Å². The second-order valence-corrected chi connectivity index (χ2v) is 4.54. The summed E-state index contributed by atoms with van der Waals surface area (Å²) >= 11 is 9.09. The van der Waals surface area contributed by atoms with E-state index >= 15 is 0 Å². The first-order valence-electron chi connectivity index (χ1n) is 4.74. The summed E-state index contributed by atoms with van der Waals surface area (Å²) in [7, 11) is 0. The van der Waals surface area contributed by atoms with Gasteiger partial charge in [0.15, 0.2) is 0 Å². The van der Waals surface area contributed by atoms with Gasteiger partial charge in [-0.1, -0.05) is 27.5 Å². The van der Waals surface area contributed by atoms with Crippen LogP contribution in [0.4, 0.5) is 13.2 Å². The van der Waals surface area contributed by atoms with Gasteiger partial charge in [-0.3, -0.25) is 0 Å². The van der Waals surface area contributed by atoms with Gasteiger partial charge >= 0.3 is 6.18 Å². The molecule has 0 aliphatic rings. The number of benzene rings is 1. The Morgan fingerprint density at radius 3 is 2.65 bits per heavy atom. The standard InChI is InChI=1S/C10H10BrClF3NO/c11-7-1-2-9(8(12)5-7)17-4-3-16-6-10(13,14)15/h1-2,5,16H,3-4,6H2. The maximum Gasteiger partial charge on any atom is 0.401 e. The molecule has 0 radical (unpaired) electrons. The highest BCUT2D eigenvalue weighted by molar-refractivity contribution is 9.10. The highest BCUT2D eigenvalue weighted by Gasteiger charge is 2.25. The zero-order valence-electron chi connectivity index (χ0n) is 8.65. The van der Waals surface area contributed by atoms with Crippen LogP contribution in [0.15, 0.2) is 22.7 Å². The lowest BCUT2D eigenvalue weighted by atomic mass is 10.3. The number of nitrogens with one attached hydrogen (secondary N) is 1. The van der Waals surface area contributed by atoms with Crippen LogP contribution in [-0.2, 0) is 0 Å². The first-order valence-corrected chi connectivity index (χ1v) is 5.91. The fourth-order valence-corrected chi connectivity index (χ4v) is 1.78. The Balaban J connectivity index is 2.27. The second kappa shape index (κ2) is 6.47. The summed E-state index contributed by atoms with van der Waals surface area (Å²) in [6.07, 6.45) is -4.20. The smallest absolute Gasteiger partial charge is 0.401 e. The molecular weight excluding hydrogens is 322 g/mol. The van der Waals surface area contributed by atoms with E-state index in [1.807, 2.05) is 0 Å². The Kier molecular flexibility index (Phi) is 5.55. The van der Waals surface area contributed by atoms with Crippen LogP contribution in [0.3, 0.4) is 0 Å². The monoisotopic (exact) mass is 331 g/mol. The van der Waals surface area contributed by atoms with Crippen molar-refractivity contribution in [1.29, 1.82) is 0 Å². The van der Waals surface area contributed by atoms with Crippen LogP contribution in [-0.4, -0.2) is 25.9 Å². The molecule has 0 aliphatic heterocycles. The van der Waals surface area contributed by atoms with Crippen LogP contribution in [0.1, 0.15) is 0 Å². The number of alkyl halides is 3. The zero-order chi connectivity index (χ0) is 12.9. The molecule has 1 rings (SSSR count). The van der Waals surface area contributed by atoms with E-state index in [9.17, 15) is 13.2 Å². The third kappa shape index (κ3) is 6.14. The minimum absolute atomic E-state index is 0.103. The molecule has 0 saturated heterocycles. The van der Waals surface area contributed by atoms with Gasteiger partial charge in [0, 0.05) is 11.0 Å². The molecule has 1 aromatic carbocycles. The Bertz CT molecular complexity index is 373. The molecule has 17 heavy (non-hydrogen) atoms. The lowest BCUT2D eigenvalue weighted by Gasteiger charge is -2.10. The summed E-state index contributed by atoms with van der Waals surface area (Å²) in [5.41, 5.74) is 0. The topological polar surface area (TPSA) is 21.3 Å². The molecule has 0 saturated carbocycles. The number of ether oxygens (including phenoxy) is 1. The predicted octanol–water partition coefficient (Wildman–Crippen LogP) is 3.63. The van der Waals surface area contributed by atoms with Gasteiger partial charge in [0.1, 0.15) is 12.4 Å². The van der Waals surface area contributed by atoms with Crippen molar-refractivity contribution in [2.45, 2.75) is 6.18 Å². The van der Waals surface area contributed by atoms with Crippen LogP contribution in [0, 0.1) is 0 Å². The van der Waals surface area contributed by atoms with Crippen molar-refractivity contribution in [2.75, 3.05) is 19.7 Å². The molecule has 1 N–H and O–H groups in total. The maximum atomic E-state index is 11.8. The molecule has 0 aromatic heterocycles. The summed E-state index contributed by atoms with van der Waals surface area (Å²) < 4.78 is 41.4. The lowest BCUT2D eigenvalue weighted by molar-refractivity contribution is -0.124. The molecule has 0 atom stereocenters. The van der Waals surface area contributed by atoms with Gasteiger partial charge in [-0.15, -0.1) is 0 Å². The Morgan fingerprint density at radius 1 is 1.35 bits per heavy atom. The molecular formula is C10H10BrClF3NO. The maximum absolute atomic E-state index is 11.8. The highest BCUT2D eigenvalue weighted by atomic mass is 79.9. The van der Waals surface area contributed by atoms with Gasteiger partial charge in [0.2, 0.25) is 0 Å². The molecule has 0 unspecified atom stereocenters. The average molecular weight is 333 g/mol. The molecule has 0 amide bonds. The first-order chi connectivity index (χ1) is 7.88. The van der Waals surface area contributed by atoms with E-state index < -0.39 is 12.7 Å². The van der Waals surface area contributed by atoms with Gasteiger partial charge in [0.25, 0.3) is 0 Å². The van der Waals surface area contributed by atoms with Crippen molar-refractivity contribution >= 4 is 27.5 Å². The Morgan fingerprint density at radius 2 is 2.06 bits per heavy atom. The summed E-state index contributed by atoms with van der Waals surface area (Å²) in [6.45, 7) is -0.798. The minimum Gasteiger partial charge on any atom is -0.491 e. The van der Waals surface area contributed by atoms with E-state index in [1.54, 1.807) is 18.2 Å². The third-order valence-corrected chi connectivity index (χ3v) is 2.54. The van der Waals surface area contributed by atoms with Crippen molar-refractivity contribution in [3.63, 3.8) is 0 Å². The van der Waals surface area contributed by atoms with Gasteiger partial charge in [-0.05, 0) is 18.2 Å². The molecule has 0 aliphatic carbocycles. The van der Waals surface area contributed by atoms with Crippen LogP contribution in [0.2, 0.25) is 5.02 Å². The van der Waals surface area contributed by atoms with Gasteiger partial charge in [-0.2, -0.15) is 13.2 Å². The molecule has 0 fully saturated rings. The van der Waals surface area contributed by atoms with Crippen molar-refractivity contribution in [2.24, 2.45) is 0 Å². The van der Waals surface area contributed by atoms with Crippen LogP contribution in [0.5, 0.6) is 5.75 Å². The van der Waals surface area contributed by atoms with Crippen molar-refractivity contribution in [1.82, 2.24) is 5.32 Å². The van der Waals surface area contributed by atoms with Gasteiger partial charge in [0.05, 0.1) is 11.6 Å². The summed E-state index contributed by atoms with van der Waals surface area (Å²) in [5.74, 6) is 0.448. The largest absolute Gasteiger partial charge is 0.491 e. The number of hydrogen-bond donors (Lipinski definition) is 1. The lowest BCUT2D eigenvalue weighted by Crippen LogP contribution is -2.31. The zero-order valence-corrected chi connectivity index (χ0v) is 11.0. The predicted molar refractivity (Wildman–Crippen MR) is 63.6 cm³/mol. The van der Waals surface area contributed by atoms with Crippen molar-refractivity contribution < 1.29 is 17.9 Å². The third-order valence-electron chi connectivity index (χ3n) is 1.76. The summed E-state index contributed by atoms with van der Waals surface area (Å²) in [4.78, 5) is 0. The van der Waals surface area contributed by atoms with Crippen molar-refractivity contribution in [3.05, 3.63) is 27.7 Å². The van der Waals surface area contributed by atoms with E-state index in [2.05, 4.69) is 21.2 Å². The van der Waals surface area contributed by atoms with E-state index in [0.29, 0.717) is 10.8 Å². The number of hydrogen-bond acceptors (Lipinski definition) is 2. The van der Waals surface area contributed by atoms with Crippen molar-refractivity contribution in [3.8, 4) is 5.75 Å². The Labute approximate surface area is 110 Å². The normalized spacial score (nSPS) is 11.6. The van der Waals surface area contributed by atoms with E-state index in [4.69, 9.17) is 16.3 Å². The van der Waals surface area contributed by atoms with E-state index in [-0.39, 0.29) is 13.2 Å². The highest BCUT2D eigenvalue weighted by Crippen LogP contribution is 2.27. The fourth-order valence-electron chi connectivity index (χ4n) is 1.06. The van der Waals surface area contributed by atoms with Gasteiger partial charge < -0.3 is 10.1 Å². The second-order valence-electron chi connectivity index (χ2n) is 3.22. The van der Waals surface area contributed by atoms with Crippen LogP contribution < -0.4 is 10.1 Å². The fraction of sp³-hybridized carbons (Fsp3) is 0.400. The average Bonchev–Trinajstić information content (AvgIpc) is 2.18. The van der Waals surface area contributed by atoms with Gasteiger partial charge in [-0.25, -0.2) is 0 Å². The molecule has 0 spiro atoms. The first kappa shape index (κ1) is 14.6. The molecule has 0 heterocycles. The molecule has 1 aromatic rings.